The number of carbonyl (C=O) groups excluding carboxylic acids is 2. The van der Waals surface area contributed by atoms with Crippen LogP contribution in [0.15, 0.2) is 18.2 Å². The van der Waals surface area contributed by atoms with Crippen molar-refractivity contribution in [3.63, 3.8) is 0 Å². The molecule has 0 heterocycles. The number of hydrogen-bond acceptors (Lipinski definition) is 4. The molecular weight excluding hydrogens is 268 g/mol. The SMILES string of the molecule is CC(C)NC(=O)C(C)OC(=O)c1ccc(Cl)c(N)c1. The van der Waals surface area contributed by atoms with Crippen LogP contribution in [-0.2, 0) is 9.53 Å². The van der Waals surface area contributed by atoms with Crippen molar-refractivity contribution in [1.82, 2.24) is 5.32 Å². The number of benzene rings is 1. The van der Waals surface area contributed by atoms with E-state index in [0.717, 1.165) is 0 Å². The molecule has 19 heavy (non-hydrogen) atoms. The fourth-order valence-electron chi connectivity index (χ4n) is 1.35. The number of halogens is 1. The largest absolute Gasteiger partial charge is 0.449 e. The lowest BCUT2D eigenvalue weighted by atomic mass is 10.2. The van der Waals surface area contributed by atoms with Gasteiger partial charge in [0.2, 0.25) is 0 Å². The molecule has 0 fully saturated rings. The molecule has 0 aliphatic heterocycles. The summed E-state index contributed by atoms with van der Waals surface area (Å²) in [5.41, 5.74) is 6.14. The van der Waals surface area contributed by atoms with Gasteiger partial charge in [0.05, 0.1) is 16.3 Å². The van der Waals surface area contributed by atoms with Gasteiger partial charge in [0, 0.05) is 6.04 Å². The van der Waals surface area contributed by atoms with Crippen molar-refractivity contribution in [1.29, 1.82) is 0 Å². The van der Waals surface area contributed by atoms with E-state index < -0.39 is 12.1 Å². The number of rotatable bonds is 4. The topological polar surface area (TPSA) is 81.4 Å². The second kappa shape index (κ2) is 6.43. The Morgan fingerprint density at radius 3 is 2.47 bits per heavy atom. The van der Waals surface area contributed by atoms with Gasteiger partial charge in [0.15, 0.2) is 6.10 Å². The van der Waals surface area contributed by atoms with Crippen molar-refractivity contribution >= 4 is 29.2 Å². The Kier molecular flexibility index (Phi) is 5.18. The maximum atomic E-state index is 11.8. The Morgan fingerprint density at radius 1 is 1.32 bits per heavy atom. The van der Waals surface area contributed by atoms with Gasteiger partial charge in [0.1, 0.15) is 0 Å². The van der Waals surface area contributed by atoms with Crippen LogP contribution < -0.4 is 11.1 Å². The summed E-state index contributed by atoms with van der Waals surface area (Å²) in [5, 5.41) is 3.02. The Labute approximate surface area is 117 Å². The van der Waals surface area contributed by atoms with E-state index >= 15 is 0 Å². The van der Waals surface area contributed by atoms with E-state index in [2.05, 4.69) is 5.32 Å². The van der Waals surface area contributed by atoms with Gasteiger partial charge in [-0.15, -0.1) is 0 Å². The van der Waals surface area contributed by atoms with Crippen LogP contribution in [0.1, 0.15) is 31.1 Å². The number of nitrogens with two attached hydrogens (primary N) is 1. The lowest BCUT2D eigenvalue weighted by molar-refractivity contribution is -0.129. The van der Waals surface area contributed by atoms with Gasteiger partial charge in [-0.3, -0.25) is 4.79 Å². The van der Waals surface area contributed by atoms with Crippen LogP contribution >= 0.6 is 11.6 Å². The summed E-state index contributed by atoms with van der Waals surface area (Å²) in [7, 11) is 0. The van der Waals surface area contributed by atoms with Crippen LogP contribution in [0.2, 0.25) is 5.02 Å². The van der Waals surface area contributed by atoms with Crippen LogP contribution in [0, 0.1) is 0 Å². The van der Waals surface area contributed by atoms with Crippen molar-refractivity contribution in [2.75, 3.05) is 5.73 Å². The van der Waals surface area contributed by atoms with Gasteiger partial charge in [-0.1, -0.05) is 11.6 Å². The molecule has 1 aromatic rings. The minimum absolute atomic E-state index is 0.0140. The Morgan fingerprint density at radius 2 is 1.95 bits per heavy atom. The number of hydrogen-bond donors (Lipinski definition) is 2. The van der Waals surface area contributed by atoms with Crippen LogP contribution in [0.25, 0.3) is 0 Å². The van der Waals surface area contributed by atoms with E-state index in [-0.39, 0.29) is 23.2 Å². The lowest BCUT2D eigenvalue weighted by Gasteiger charge is -2.15. The van der Waals surface area contributed by atoms with Gasteiger partial charge in [-0.25, -0.2) is 4.79 Å². The molecule has 1 unspecified atom stereocenters. The molecule has 1 atom stereocenters. The van der Waals surface area contributed by atoms with Gasteiger partial charge in [-0.2, -0.15) is 0 Å². The van der Waals surface area contributed by atoms with E-state index in [4.69, 9.17) is 22.1 Å². The number of anilines is 1. The summed E-state index contributed by atoms with van der Waals surface area (Å²) in [5.74, 6) is -0.958. The van der Waals surface area contributed by atoms with E-state index in [1.807, 2.05) is 13.8 Å². The number of carbonyl (C=O) groups is 2. The quantitative estimate of drug-likeness (QED) is 0.654. The minimum Gasteiger partial charge on any atom is -0.449 e. The van der Waals surface area contributed by atoms with Crippen LogP contribution in [-0.4, -0.2) is 24.0 Å². The predicted molar refractivity (Wildman–Crippen MR) is 74.0 cm³/mol. The van der Waals surface area contributed by atoms with Gasteiger partial charge in [-0.05, 0) is 39.0 Å². The number of esters is 1. The minimum atomic E-state index is -0.869. The average molecular weight is 285 g/mol. The monoisotopic (exact) mass is 284 g/mol. The Bertz CT molecular complexity index is 489. The Hall–Kier alpha value is -1.75. The first-order chi connectivity index (χ1) is 8.81. The van der Waals surface area contributed by atoms with Crippen molar-refractivity contribution in [3.8, 4) is 0 Å². The third-order valence-electron chi connectivity index (χ3n) is 2.32. The number of ether oxygens (including phenoxy) is 1. The molecular formula is C13H17ClN2O3. The van der Waals surface area contributed by atoms with E-state index in [9.17, 15) is 9.59 Å². The first kappa shape index (κ1) is 15.3. The molecule has 1 amide bonds. The van der Waals surface area contributed by atoms with E-state index in [1.54, 1.807) is 0 Å². The fraction of sp³-hybridized carbons (Fsp3) is 0.385. The highest BCUT2D eigenvalue weighted by molar-refractivity contribution is 6.33. The first-order valence-electron chi connectivity index (χ1n) is 5.87. The van der Waals surface area contributed by atoms with Crippen molar-refractivity contribution in [3.05, 3.63) is 28.8 Å². The second-order valence-corrected chi connectivity index (χ2v) is 4.85. The van der Waals surface area contributed by atoms with Crippen molar-refractivity contribution in [2.24, 2.45) is 0 Å². The summed E-state index contributed by atoms with van der Waals surface area (Å²) in [6.45, 7) is 5.16. The van der Waals surface area contributed by atoms with Gasteiger partial charge in [0.25, 0.3) is 5.91 Å². The molecule has 0 spiro atoms. The molecule has 3 N–H and O–H groups in total. The first-order valence-corrected chi connectivity index (χ1v) is 6.25. The number of amides is 1. The normalized spacial score (nSPS) is 12.1. The summed E-state index contributed by atoms with van der Waals surface area (Å²) in [6, 6.07) is 4.40. The predicted octanol–water partition coefficient (Wildman–Crippen LogP) is 1.99. The molecule has 104 valence electrons. The highest BCUT2D eigenvalue weighted by Crippen LogP contribution is 2.20. The van der Waals surface area contributed by atoms with Crippen LogP contribution in [0.5, 0.6) is 0 Å². The molecule has 0 bridgehead atoms. The third kappa shape index (κ3) is 4.44. The molecule has 0 radical (unpaired) electrons. The second-order valence-electron chi connectivity index (χ2n) is 4.45. The standard InChI is InChI=1S/C13H17ClN2O3/c1-7(2)16-12(17)8(3)19-13(18)9-4-5-10(14)11(15)6-9/h4-8H,15H2,1-3H3,(H,16,17). The average Bonchev–Trinajstić information content (AvgIpc) is 2.31. The van der Waals surface area contributed by atoms with Crippen molar-refractivity contribution in [2.45, 2.75) is 32.9 Å². The third-order valence-corrected chi connectivity index (χ3v) is 2.66. The molecule has 1 rings (SSSR count). The zero-order chi connectivity index (χ0) is 14.6. The zero-order valence-electron chi connectivity index (χ0n) is 11.1. The summed E-state index contributed by atoms with van der Waals surface area (Å²) < 4.78 is 5.04. The van der Waals surface area contributed by atoms with Crippen LogP contribution in [0.4, 0.5) is 5.69 Å². The van der Waals surface area contributed by atoms with Gasteiger partial charge >= 0.3 is 5.97 Å². The summed E-state index contributed by atoms with van der Waals surface area (Å²) in [6.07, 6.45) is -0.869. The summed E-state index contributed by atoms with van der Waals surface area (Å²) in [4.78, 5) is 23.4. The van der Waals surface area contributed by atoms with E-state index in [1.165, 1.54) is 25.1 Å². The molecule has 0 saturated carbocycles. The maximum absolute atomic E-state index is 11.8. The molecule has 5 nitrogen and oxygen atoms in total. The zero-order valence-corrected chi connectivity index (χ0v) is 11.8. The molecule has 6 heteroatoms. The fourth-order valence-corrected chi connectivity index (χ4v) is 1.47. The molecule has 0 aliphatic rings. The smallest absolute Gasteiger partial charge is 0.338 e. The van der Waals surface area contributed by atoms with Crippen molar-refractivity contribution < 1.29 is 14.3 Å². The molecule has 0 aromatic heterocycles. The Balaban J connectivity index is 2.68. The molecule has 0 aliphatic carbocycles. The highest BCUT2D eigenvalue weighted by Gasteiger charge is 2.19. The molecule has 1 aromatic carbocycles. The maximum Gasteiger partial charge on any atom is 0.338 e. The number of nitrogen functional groups attached to an aromatic ring is 1. The molecule has 0 saturated heterocycles. The van der Waals surface area contributed by atoms with Gasteiger partial charge < -0.3 is 15.8 Å². The summed E-state index contributed by atoms with van der Waals surface area (Å²) >= 11 is 5.76. The lowest BCUT2D eigenvalue weighted by Crippen LogP contribution is -2.39. The number of nitrogens with one attached hydrogen (secondary N) is 1. The highest BCUT2D eigenvalue weighted by atomic mass is 35.5. The van der Waals surface area contributed by atoms with Crippen LogP contribution in [0.3, 0.4) is 0 Å². The van der Waals surface area contributed by atoms with E-state index in [0.29, 0.717) is 5.02 Å².